The van der Waals surface area contributed by atoms with E-state index in [0.29, 0.717) is 31.5 Å². The van der Waals surface area contributed by atoms with E-state index in [4.69, 9.17) is 0 Å². The van der Waals surface area contributed by atoms with Crippen molar-refractivity contribution < 1.29 is 18.4 Å². The summed E-state index contributed by atoms with van der Waals surface area (Å²) in [4.78, 5) is 30.8. The molecule has 1 spiro atoms. The highest BCUT2D eigenvalue weighted by atomic mass is 19.1. The molecule has 2 heterocycles. The number of halogens is 2. The first-order valence-electron chi connectivity index (χ1n) is 8.95. The van der Waals surface area contributed by atoms with Crippen LogP contribution in [-0.2, 0) is 4.79 Å². The van der Waals surface area contributed by atoms with E-state index in [9.17, 15) is 18.4 Å². The number of piperidine rings is 1. The lowest BCUT2D eigenvalue weighted by Gasteiger charge is -2.37. The monoisotopic (exact) mass is 384 g/mol. The number of anilines is 1. The molecule has 2 N–H and O–H groups in total. The van der Waals surface area contributed by atoms with E-state index in [0.717, 1.165) is 0 Å². The van der Waals surface area contributed by atoms with E-state index in [1.165, 1.54) is 30.3 Å². The summed E-state index contributed by atoms with van der Waals surface area (Å²) in [5.74, 6) is -1.29. The maximum Gasteiger partial charge on any atom is 0.321 e. The van der Waals surface area contributed by atoms with Gasteiger partial charge in [0.25, 0.3) is 5.91 Å². The number of carbonyl (C=O) groups is 2. The molecule has 0 atom stereocenters. The summed E-state index contributed by atoms with van der Waals surface area (Å²) in [5.41, 5.74) is -0.0562. The number of hydrogen-bond acceptors (Lipinski definition) is 3. The molecule has 144 valence electrons. The molecular formula is C20H18F2N4O2. The van der Waals surface area contributed by atoms with Crippen molar-refractivity contribution in [2.75, 3.05) is 18.4 Å². The molecule has 0 unspecified atom stereocenters. The summed E-state index contributed by atoms with van der Waals surface area (Å²) in [7, 11) is 0. The summed E-state index contributed by atoms with van der Waals surface area (Å²) in [6.45, 7) is 0.695. The fourth-order valence-electron chi connectivity index (χ4n) is 3.47. The van der Waals surface area contributed by atoms with Crippen LogP contribution < -0.4 is 10.6 Å². The zero-order valence-corrected chi connectivity index (χ0v) is 14.9. The SMILES string of the molecule is O=C1NC2(CCN(C(=O)Nc3ccccc3F)CC2)N=C1c1cccc(F)c1. The van der Waals surface area contributed by atoms with Crippen molar-refractivity contribution in [2.45, 2.75) is 18.5 Å². The van der Waals surface area contributed by atoms with Crippen LogP contribution >= 0.6 is 0 Å². The zero-order valence-electron chi connectivity index (χ0n) is 14.9. The van der Waals surface area contributed by atoms with E-state index in [1.54, 1.807) is 23.1 Å². The minimum absolute atomic E-state index is 0.119. The molecule has 6 nitrogen and oxygen atoms in total. The summed E-state index contributed by atoms with van der Waals surface area (Å²) in [5, 5.41) is 5.43. The van der Waals surface area contributed by atoms with Gasteiger partial charge in [0.15, 0.2) is 0 Å². The molecule has 0 radical (unpaired) electrons. The number of para-hydroxylation sites is 1. The molecule has 3 amide bonds. The van der Waals surface area contributed by atoms with E-state index in [1.807, 2.05) is 0 Å². The van der Waals surface area contributed by atoms with Crippen molar-refractivity contribution in [3.63, 3.8) is 0 Å². The Bertz CT molecular complexity index is 968. The average Bonchev–Trinajstić information content (AvgIpc) is 3.00. The second kappa shape index (κ2) is 7.03. The van der Waals surface area contributed by atoms with Crippen LogP contribution in [0.1, 0.15) is 18.4 Å². The number of urea groups is 1. The maximum absolute atomic E-state index is 13.7. The van der Waals surface area contributed by atoms with E-state index < -0.39 is 23.3 Å². The van der Waals surface area contributed by atoms with Crippen molar-refractivity contribution >= 4 is 23.3 Å². The van der Waals surface area contributed by atoms with Crippen LogP contribution in [-0.4, -0.2) is 41.3 Å². The van der Waals surface area contributed by atoms with Crippen molar-refractivity contribution in [1.82, 2.24) is 10.2 Å². The number of aliphatic imine (C=N–C) groups is 1. The highest BCUT2D eigenvalue weighted by Gasteiger charge is 2.43. The first-order chi connectivity index (χ1) is 13.5. The van der Waals surface area contributed by atoms with Crippen LogP contribution in [0.3, 0.4) is 0 Å². The van der Waals surface area contributed by atoms with Gasteiger partial charge in [-0.15, -0.1) is 0 Å². The van der Waals surface area contributed by atoms with Gasteiger partial charge in [0.2, 0.25) is 0 Å². The lowest BCUT2D eigenvalue weighted by molar-refractivity contribution is -0.115. The second-order valence-electron chi connectivity index (χ2n) is 6.85. The third-order valence-corrected chi connectivity index (χ3v) is 4.98. The molecule has 0 bridgehead atoms. The molecule has 2 aromatic carbocycles. The molecule has 0 aromatic heterocycles. The fraction of sp³-hybridized carbons (Fsp3) is 0.250. The molecule has 8 heteroatoms. The van der Waals surface area contributed by atoms with Gasteiger partial charge < -0.3 is 15.5 Å². The predicted molar refractivity (Wildman–Crippen MR) is 100 cm³/mol. The Morgan fingerprint density at radius 2 is 1.86 bits per heavy atom. The fourth-order valence-corrected chi connectivity index (χ4v) is 3.47. The van der Waals surface area contributed by atoms with Crippen LogP contribution in [0.2, 0.25) is 0 Å². The molecule has 4 rings (SSSR count). The molecule has 1 saturated heterocycles. The first kappa shape index (κ1) is 18.1. The van der Waals surface area contributed by atoms with E-state index in [-0.39, 0.29) is 17.3 Å². The van der Waals surface area contributed by atoms with Gasteiger partial charge in [0, 0.05) is 31.5 Å². The number of hydrogen-bond donors (Lipinski definition) is 2. The van der Waals surface area contributed by atoms with E-state index in [2.05, 4.69) is 15.6 Å². The molecule has 2 aliphatic heterocycles. The minimum atomic E-state index is -0.798. The molecule has 28 heavy (non-hydrogen) atoms. The number of benzene rings is 2. The van der Waals surface area contributed by atoms with E-state index >= 15 is 0 Å². The third-order valence-electron chi connectivity index (χ3n) is 4.98. The Hall–Kier alpha value is -3.29. The standard InChI is InChI=1S/C20H18F2N4O2/c21-14-5-3-4-13(12-14)17-18(27)25-20(24-17)8-10-26(11-9-20)19(28)23-16-7-2-1-6-15(16)22/h1-7,12H,8-11H2,(H,23,28)(H,25,27). The van der Waals surface area contributed by atoms with Crippen LogP contribution in [0.5, 0.6) is 0 Å². The number of amides is 3. The van der Waals surface area contributed by atoms with Gasteiger partial charge in [-0.1, -0.05) is 24.3 Å². The van der Waals surface area contributed by atoms with Gasteiger partial charge in [-0.3, -0.25) is 9.79 Å². The largest absolute Gasteiger partial charge is 0.326 e. The van der Waals surface area contributed by atoms with Gasteiger partial charge in [0.1, 0.15) is 23.0 Å². The molecule has 2 aliphatic rings. The van der Waals surface area contributed by atoms with Crippen molar-refractivity contribution in [2.24, 2.45) is 4.99 Å². The second-order valence-corrected chi connectivity index (χ2v) is 6.85. The Kier molecular flexibility index (Phi) is 4.54. The number of rotatable bonds is 2. The Labute approximate surface area is 160 Å². The Morgan fingerprint density at radius 1 is 1.11 bits per heavy atom. The van der Waals surface area contributed by atoms with Crippen molar-refractivity contribution in [3.8, 4) is 0 Å². The van der Waals surface area contributed by atoms with Crippen LogP contribution in [0.4, 0.5) is 19.3 Å². The first-order valence-corrected chi connectivity index (χ1v) is 8.95. The van der Waals surface area contributed by atoms with Crippen LogP contribution in [0, 0.1) is 11.6 Å². The zero-order chi connectivity index (χ0) is 19.7. The lowest BCUT2D eigenvalue weighted by atomic mass is 9.98. The highest BCUT2D eigenvalue weighted by molar-refractivity contribution is 6.46. The van der Waals surface area contributed by atoms with Gasteiger partial charge in [-0.25, -0.2) is 13.6 Å². The normalized spacial score (nSPS) is 18.0. The van der Waals surface area contributed by atoms with Gasteiger partial charge >= 0.3 is 6.03 Å². The van der Waals surface area contributed by atoms with Gasteiger partial charge in [-0.05, 0) is 24.3 Å². The number of carbonyl (C=O) groups excluding carboxylic acids is 2. The topological polar surface area (TPSA) is 73.8 Å². The van der Waals surface area contributed by atoms with Crippen LogP contribution in [0.25, 0.3) is 0 Å². The lowest BCUT2D eigenvalue weighted by Crippen LogP contribution is -2.53. The van der Waals surface area contributed by atoms with Crippen molar-refractivity contribution in [1.29, 1.82) is 0 Å². The summed E-state index contributed by atoms with van der Waals surface area (Å²) in [6.07, 6.45) is 0.838. The average molecular weight is 384 g/mol. The smallest absolute Gasteiger partial charge is 0.321 e. The Balaban J connectivity index is 1.44. The minimum Gasteiger partial charge on any atom is -0.326 e. The molecule has 0 aliphatic carbocycles. The predicted octanol–water partition coefficient (Wildman–Crippen LogP) is 2.91. The van der Waals surface area contributed by atoms with Crippen molar-refractivity contribution in [3.05, 3.63) is 65.7 Å². The molecule has 0 saturated carbocycles. The molecule has 1 fully saturated rings. The number of nitrogens with one attached hydrogen (secondary N) is 2. The van der Waals surface area contributed by atoms with Gasteiger partial charge in [-0.2, -0.15) is 0 Å². The third kappa shape index (κ3) is 3.45. The number of nitrogens with zero attached hydrogens (tertiary/aromatic N) is 2. The summed E-state index contributed by atoms with van der Waals surface area (Å²) < 4.78 is 27.2. The Morgan fingerprint density at radius 3 is 2.57 bits per heavy atom. The summed E-state index contributed by atoms with van der Waals surface area (Å²) >= 11 is 0. The summed E-state index contributed by atoms with van der Waals surface area (Å²) in [6, 6.07) is 11.3. The molecule has 2 aromatic rings. The maximum atomic E-state index is 13.7. The highest BCUT2D eigenvalue weighted by Crippen LogP contribution is 2.29. The molecular weight excluding hydrogens is 366 g/mol. The van der Waals surface area contributed by atoms with Gasteiger partial charge in [0.05, 0.1) is 5.69 Å². The quantitative estimate of drug-likeness (QED) is 0.836. The van der Waals surface area contributed by atoms with Crippen LogP contribution in [0.15, 0.2) is 53.5 Å². The number of likely N-dealkylation sites (tertiary alicyclic amines) is 1.